The van der Waals surface area contributed by atoms with Gasteiger partial charge >= 0.3 is 0 Å². The molecule has 3 rings (SSSR count). The first kappa shape index (κ1) is 20.3. The summed E-state index contributed by atoms with van der Waals surface area (Å²) >= 11 is 4.69. The van der Waals surface area contributed by atoms with Gasteiger partial charge in [0.1, 0.15) is 23.5 Å². The van der Waals surface area contributed by atoms with Gasteiger partial charge in [0.2, 0.25) is 11.8 Å². The number of carbonyl (C=O) groups is 2. The average Bonchev–Trinajstić information content (AvgIpc) is 3.05. The summed E-state index contributed by atoms with van der Waals surface area (Å²) in [7, 11) is 0. The molecule has 0 saturated heterocycles. The lowest BCUT2D eigenvalue weighted by Crippen LogP contribution is -2.25. The van der Waals surface area contributed by atoms with Crippen LogP contribution in [0.3, 0.4) is 0 Å². The van der Waals surface area contributed by atoms with E-state index in [2.05, 4.69) is 26.3 Å². The predicted molar refractivity (Wildman–Crippen MR) is 109 cm³/mol. The maximum atomic E-state index is 13.1. The third kappa shape index (κ3) is 4.90. The third-order valence-electron chi connectivity index (χ3n) is 3.80. The SMILES string of the molecule is CC(=O)NC1=NN(C(C)=O)[C@H](c2cc(Br)ccc2OCc2ccc(F)cc2)S1. The van der Waals surface area contributed by atoms with Gasteiger partial charge in [-0.15, -0.1) is 5.10 Å². The number of carbonyl (C=O) groups excluding carboxylic acids is 2. The Kier molecular flexibility index (Phi) is 6.35. The molecule has 1 N–H and O–H groups in total. The smallest absolute Gasteiger partial charge is 0.241 e. The summed E-state index contributed by atoms with van der Waals surface area (Å²) in [4.78, 5) is 23.4. The largest absolute Gasteiger partial charge is 0.489 e. The number of amidine groups is 1. The molecule has 0 saturated carbocycles. The highest BCUT2D eigenvalue weighted by molar-refractivity contribution is 9.10. The van der Waals surface area contributed by atoms with Crippen LogP contribution in [0, 0.1) is 5.82 Å². The van der Waals surface area contributed by atoms with E-state index < -0.39 is 5.37 Å². The average molecular weight is 466 g/mol. The molecule has 2 aromatic carbocycles. The number of hydrogen-bond donors (Lipinski definition) is 1. The second-order valence-electron chi connectivity index (χ2n) is 6.02. The van der Waals surface area contributed by atoms with Crippen LogP contribution in [-0.4, -0.2) is 22.0 Å². The molecule has 6 nitrogen and oxygen atoms in total. The molecular weight excluding hydrogens is 449 g/mol. The van der Waals surface area contributed by atoms with Gasteiger partial charge in [0.25, 0.3) is 0 Å². The highest BCUT2D eigenvalue weighted by atomic mass is 79.9. The van der Waals surface area contributed by atoms with E-state index >= 15 is 0 Å². The van der Waals surface area contributed by atoms with Gasteiger partial charge in [-0.25, -0.2) is 9.40 Å². The topological polar surface area (TPSA) is 71.0 Å². The number of benzene rings is 2. The van der Waals surface area contributed by atoms with Gasteiger partial charge in [-0.1, -0.05) is 39.8 Å². The summed E-state index contributed by atoms with van der Waals surface area (Å²) < 4.78 is 19.8. The molecule has 1 atom stereocenters. The van der Waals surface area contributed by atoms with Gasteiger partial charge in [0.15, 0.2) is 5.17 Å². The zero-order valence-electron chi connectivity index (χ0n) is 15.1. The van der Waals surface area contributed by atoms with Gasteiger partial charge in [-0.3, -0.25) is 9.59 Å². The Morgan fingerprint density at radius 1 is 1.25 bits per heavy atom. The van der Waals surface area contributed by atoms with Gasteiger partial charge in [-0.2, -0.15) is 0 Å². The molecule has 0 radical (unpaired) electrons. The molecule has 0 bridgehead atoms. The second-order valence-corrected chi connectivity index (χ2v) is 8.00. The number of ether oxygens (including phenoxy) is 1. The number of rotatable bonds is 4. The molecular formula is C19H17BrFN3O3S. The fourth-order valence-corrected chi connectivity index (χ4v) is 4.09. The van der Waals surface area contributed by atoms with Crippen molar-refractivity contribution < 1.29 is 18.7 Å². The van der Waals surface area contributed by atoms with Crippen molar-refractivity contribution in [2.45, 2.75) is 25.8 Å². The molecule has 1 heterocycles. The van der Waals surface area contributed by atoms with Gasteiger partial charge in [-0.05, 0) is 35.9 Å². The van der Waals surface area contributed by atoms with E-state index in [0.717, 1.165) is 15.6 Å². The van der Waals surface area contributed by atoms with Crippen LogP contribution in [0.1, 0.15) is 30.3 Å². The van der Waals surface area contributed by atoms with Gasteiger partial charge < -0.3 is 10.1 Å². The first-order valence-corrected chi connectivity index (χ1v) is 10.00. The quantitative estimate of drug-likeness (QED) is 0.735. The summed E-state index contributed by atoms with van der Waals surface area (Å²) in [5, 5.41) is 7.99. The van der Waals surface area contributed by atoms with Crippen LogP contribution in [0.4, 0.5) is 4.39 Å². The molecule has 0 spiro atoms. The van der Waals surface area contributed by atoms with Crippen molar-refractivity contribution in [2.24, 2.45) is 5.10 Å². The number of nitrogens with one attached hydrogen (secondary N) is 1. The van der Waals surface area contributed by atoms with Crippen molar-refractivity contribution in [1.29, 1.82) is 0 Å². The van der Waals surface area contributed by atoms with Crippen molar-refractivity contribution >= 4 is 44.7 Å². The minimum absolute atomic E-state index is 0.242. The fraction of sp³-hybridized carbons (Fsp3) is 0.211. The normalized spacial score (nSPS) is 15.9. The Morgan fingerprint density at radius 2 is 1.96 bits per heavy atom. The summed E-state index contributed by atoms with van der Waals surface area (Å²) in [5.41, 5.74) is 1.54. The highest BCUT2D eigenvalue weighted by Crippen LogP contribution is 2.43. The van der Waals surface area contributed by atoms with Crippen LogP contribution in [0.25, 0.3) is 0 Å². The number of thioether (sulfide) groups is 1. The minimum Gasteiger partial charge on any atom is -0.489 e. The Bertz CT molecular complexity index is 937. The maximum absolute atomic E-state index is 13.1. The van der Waals surface area contributed by atoms with Crippen LogP contribution < -0.4 is 10.1 Å². The highest BCUT2D eigenvalue weighted by Gasteiger charge is 2.34. The lowest BCUT2D eigenvalue weighted by Gasteiger charge is -2.22. The van der Waals surface area contributed by atoms with E-state index in [-0.39, 0.29) is 24.2 Å². The van der Waals surface area contributed by atoms with E-state index in [0.29, 0.717) is 10.9 Å². The molecule has 0 aliphatic carbocycles. The van der Waals surface area contributed by atoms with Crippen LogP contribution in [0.5, 0.6) is 5.75 Å². The van der Waals surface area contributed by atoms with Crippen molar-refractivity contribution in [2.75, 3.05) is 0 Å². The van der Waals surface area contributed by atoms with Gasteiger partial charge in [0, 0.05) is 23.9 Å². The molecule has 2 amide bonds. The number of amides is 2. The fourth-order valence-electron chi connectivity index (χ4n) is 2.55. The minimum atomic E-state index is -0.486. The molecule has 1 aliphatic heterocycles. The molecule has 0 unspecified atom stereocenters. The van der Waals surface area contributed by atoms with Crippen molar-refractivity contribution in [3.8, 4) is 5.75 Å². The molecule has 9 heteroatoms. The lowest BCUT2D eigenvalue weighted by atomic mass is 10.2. The van der Waals surface area contributed by atoms with Crippen LogP contribution in [-0.2, 0) is 16.2 Å². The van der Waals surface area contributed by atoms with E-state index in [9.17, 15) is 14.0 Å². The Labute approximate surface area is 174 Å². The first-order valence-electron chi connectivity index (χ1n) is 8.33. The molecule has 0 fully saturated rings. The second kappa shape index (κ2) is 8.74. The maximum Gasteiger partial charge on any atom is 0.241 e. The van der Waals surface area contributed by atoms with Gasteiger partial charge in [0.05, 0.1) is 0 Å². The first-order chi connectivity index (χ1) is 13.3. The zero-order chi connectivity index (χ0) is 20.3. The Hall–Kier alpha value is -2.39. The molecule has 1 aliphatic rings. The number of hydrogen-bond acceptors (Lipinski definition) is 5. The number of nitrogens with zero attached hydrogens (tertiary/aromatic N) is 2. The number of halogens is 2. The van der Waals surface area contributed by atoms with E-state index in [4.69, 9.17) is 4.74 Å². The number of hydrazone groups is 1. The predicted octanol–water partition coefficient (Wildman–Crippen LogP) is 4.17. The molecule has 2 aromatic rings. The Morgan fingerprint density at radius 3 is 2.61 bits per heavy atom. The lowest BCUT2D eigenvalue weighted by molar-refractivity contribution is -0.129. The van der Waals surface area contributed by atoms with E-state index in [1.54, 1.807) is 18.2 Å². The van der Waals surface area contributed by atoms with E-state index in [1.165, 1.54) is 42.8 Å². The van der Waals surface area contributed by atoms with Crippen LogP contribution >= 0.6 is 27.7 Å². The van der Waals surface area contributed by atoms with Crippen molar-refractivity contribution in [3.05, 3.63) is 63.9 Å². The Balaban J connectivity index is 1.86. The summed E-state index contributed by atoms with van der Waals surface area (Å²) in [5.74, 6) is -0.273. The summed E-state index contributed by atoms with van der Waals surface area (Å²) in [6.45, 7) is 3.03. The van der Waals surface area contributed by atoms with Crippen molar-refractivity contribution in [3.63, 3.8) is 0 Å². The van der Waals surface area contributed by atoms with Crippen LogP contribution in [0.15, 0.2) is 52.0 Å². The van der Waals surface area contributed by atoms with Crippen LogP contribution in [0.2, 0.25) is 0 Å². The molecule has 0 aromatic heterocycles. The van der Waals surface area contributed by atoms with E-state index in [1.807, 2.05) is 12.1 Å². The third-order valence-corrected chi connectivity index (χ3v) is 5.37. The summed E-state index contributed by atoms with van der Waals surface area (Å²) in [6.07, 6.45) is 0. The molecule has 28 heavy (non-hydrogen) atoms. The zero-order valence-corrected chi connectivity index (χ0v) is 17.5. The molecule has 146 valence electrons. The van der Waals surface area contributed by atoms with Crippen molar-refractivity contribution in [1.82, 2.24) is 10.3 Å². The summed E-state index contributed by atoms with van der Waals surface area (Å²) in [6, 6.07) is 11.5. The monoisotopic (exact) mass is 465 g/mol. The standard InChI is InChI=1S/C19H17BrFN3O3S/c1-11(25)22-19-23-24(12(2)26)18(28-19)16-9-14(20)5-8-17(16)27-10-13-3-6-15(21)7-4-13/h3-9,18H,10H2,1-2H3,(H,22,23,25)/t18-/m0/s1.